The average Bonchev–Trinajstić information content (AvgIpc) is 2.69. The third-order valence-corrected chi connectivity index (χ3v) is 4.46. The maximum atomic E-state index is 11.4. The fraction of sp³-hybridized carbons (Fsp3) is 0.217. The van der Waals surface area contributed by atoms with E-state index in [0.29, 0.717) is 27.8 Å². The highest BCUT2D eigenvalue weighted by Crippen LogP contribution is 2.35. The van der Waals surface area contributed by atoms with Crippen LogP contribution in [0.25, 0.3) is 10.8 Å². The van der Waals surface area contributed by atoms with E-state index < -0.39 is 24.1 Å². The standard InChI is InChI=1S/C23H22O6/c1-14(24)28-21-10-11-22(29-15(2)25)19-12-16(8-9-18(19)21)13-20(26)23(27)17-6-4-3-5-7-17/h3-12,20,23,26-27H,13H2,1-2H3. The van der Waals surface area contributed by atoms with Crippen LogP contribution in [0.3, 0.4) is 0 Å². The maximum absolute atomic E-state index is 11.4. The highest BCUT2D eigenvalue weighted by atomic mass is 16.5. The molecule has 150 valence electrons. The molecule has 6 nitrogen and oxygen atoms in total. The molecule has 0 fully saturated rings. The number of esters is 2. The Labute approximate surface area is 168 Å². The van der Waals surface area contributed by atoms with Crippen molar-refractivity contribution in [1.29, 1.82) is 0 Å². The lowest BCUT2D eigenvalue weighted by Gasteiger charge is -2.19. The first-order chi connectivity index (χ1) is 13.8. The number of hydrogen-bond donors (Lipinski definition) is 2. The van der Waals surface area contributed by atoms with Crippen LogP contribution in [0.4, 0.5) is 0 Å². The Hall–Kier alpha value is -3.22. The number of carbonyl (C=O) groups excluding carboxylic acids is 2. The van der Waals surface area contributed by atoms with Crippen molar-refractivity contribution in [2.45, 2.75) is 32.5 Å². The number of rotatable bonds is 6. The Morgan fingerprint density at radius 1 is 0.828 bits per heavy atom. The van der Waals surface area contributed by atoms with Gasteiger partial charge in [-0.25, -0.2) is 0 Å². The van der Waals surface area contributed by atoms with E-state index in [1.54, 1.807) is 54.6 Å². The van der Waals surface area contributed by atoms with Crippen molar-refractivity contribution >= 4 is 22.7 Å². The van der Waals surface area contributed by atoms with Crippen LogP contribution in [0.2, 0.25) is 0 Å². The zero-order valence-electron chi connectivity index (χ0n) is 16.2. The van der Waals surface area contributed by atoms with Crippen LogP contribution in [0.5, 0.6) is 11.5 Å². The molecule has 0 aliphatic carbocycles. The van der Waals surface area contributed by atoms with E-state index in [9.17, 15) is 19.8 Å². The smallest absolute Gasteiger partial charge is 0.308 e. The van der Waals surface area contributed by atoms with Crippen molar-refractivity contribution in [1.82, 2.24) is 0 Å². The molecule has 2 unspecified atom stereocenters. The number of aliphatic hydroxyl groups excluding tert-OH is 2. The van der Waals surface area contributed by atoms with Gasteiger partial charge in [0.15, 0.2) is 0 Å². The highest BCUT2D eigenvalue weighted by molar-refractivity contribution is 5.96. The van der Waals surface area contributed by atoms with Gasteiger partial charge in [0.2, 0.25) is 0 Å². The molecule has 0 bridgehead atoms. The van der Waals surface area contributed by atoms with Gasteiger partial charge in [-0.1, -0.05) is 42.5 Å². The Bertz CT molecular complexity index is 1030. The van der Waals surface area contributed by atoms with E-state index in [-0.39, 0.29) is 6.42 Å². The van der Waals surface area contributed by atoms with E-state index >= 15 is 0 Å². The molecule has 0 saturated carbocycles. The van der Waals surface area contributed by atoms with E-state index in [1.807, 2.05) is 6.07 Å². The maximum Gasteiger partial charge on any atom is 0.308 e. The molecule has 3 aromatic rings. The Morgan fingerprint density at radius 3 is 2.00 bits per heavy atom. The third-order valence-electron chi connectivity index (χ3n) is 4.46. The monoisotopic (exact) mass is 394 g/mol. The van der Waals surface area contributed by atoms with Gasteiger partial charge in [0.25, 0.3) is 0 Å². The van der Waals surface area contributed by atoms with Crippen molar-refractivity contribution in [2.24, 2.45) is 0 Å². The summed E-state index contributed by atoms with van der Waals surface area (Å²) < 4.78 is 10.5. The van der Waals surface area contributed by atoms with Crippen molar-refractivity contribution in [3.8, 4) is 11.5 Å². The van der Waals surface area contributed by atoms with Crippen LogP contribution < -0.4 is 9.47 Å². The number of ether oxygens (including phenoxy) is 2. The second-order valence-electron chi connectivity index (χ2n) is 6.76. The fourth-order valence-corrected chi connectivity index (χ4v) is 3.18. The minimum absolute atomic E-state index is 0.184. The minimum Gasteiger partial charge on any atom is -0.426 e. The molecule has 0 saturated heterocycles. The van der Waals surface area contributed by atoms with Gasteiger partial charge in [-0.3, -0.25) is 9.59 Å². The summed E-state index contributed by atoms with van der Waals surface area (Å²) in [6.45, 7) is 2.61. The van der Waals surface area contributed by atoms with E-state index in [2.05, 4.69) is 0 Å². The normalized spacial score (nSPS) is 13.0. The summed E-state index contributed by atoms with van der Waals surface area (Å²) >= 11 is 0. The summed E-state index contributed by atoms with van der Waals surface area (Å²) in [7, 11) is 0. The molecular weight excluding hydrogens is 372 g/mol. The molecule has 0 aromatic heterocycles. The predicted molar refractivity (Wildman–Crippen MR) is 108 cm³/mol. The van der Waals surface area contributed by atoms with E-state index in [4.69, 9.17) is 9.47 Å². The van der Waals surface area contributed by atoms with Crippen molar-refractivity contribution in [2.75, 3.05) is 0 Å². The van der Waals surface area contributed by atoms with Gasteiger partial charge in [-0.15, -0.1) is 0 Å². The first-order valence-corrected chi connectivity index (χ1v) is 9.18. The quantitative estimate of drug-likeness (QED) is 0.492. The molecule has 0 heterocycles. The second-order valence-corrected chi connectivity index (χ2v) is 6.76. The first-order valence-electron chi connectivity index (χ1n) is 9.18. The first kappa shape index (κ1) is 20.5. The second kappa shape index (κ2) is 8.86. The summed E-state index contributed by atoms with van der Waals surface area (Å²) in [5, 5.41) is 22.0. The van der Waals surface area contributed by atoms with Crippen LogP contribution >= 0.6 is 0 Å². The van der Waals surface area contributed by atoms with Crippen molar-refractivity contribution < 1.29 is 29.3 Å². The summed E-state index contributed by atoms with van der Waals surface area (Å²) in [5.74, 6) is -0.267. The lowest BCUT2D eigenvalue weighted by atomic mass is 9.96. The lowest BCUT2D eigenvalue weighted by Crippen LogP contribution is -2.20. The Balaban J connectivity index is 1.94. The molecule has 0 aliphatic rings. The molecule has 2 N–H and O–H groups in total. The number of carbonyl (C=O) groups is 2. The highest BCUT2D eigenvalue weighted by Gasteiger charge is 2.19. The topological polar surface area (TPSA) is 93.1 Å². The molecule has 0 spiro atoms. The van der Waals surface area contributed by atoms with Crippen LogP contribution in [-0.4, -0.2) is 28.3 Å². The molecule has 3 rings (SSSR count). The number of hydrogen-bond acceptors (Lipinski definition) is 6. The molecule has 2 atom stereocenters. The van der Waals surface area contributed by atoms with Crippen LogP contribution in [-0.2, 0) is 16.0 Å². The molecular formula is C23H22O6. The molecule has 0 aliphatic heterocycles. The number of aliphatic hydroxyl groups is 2. The van der Waals surface area contributed by atoms with Crippen LogP contribution in [0.1, 0.15) is 31.1 Å². The minimum atomic E-state index is -1.03. The molecule has 0 radical (unpaired) electrons. The largest absolute Gasteiger partial charge is 0.426 e. The van der Waals surface area contributed by atoms with Gasteiger partial charge in [0.1, 0.15) is 17.6 Å². The Kier molecular flexibility index (Phi) is 6.26. The average molecular weight is 394 g/mol. The summed E-state index contributed by atoms with van der Waals surface area (Å²) in [4.78, 5) is 22.8. The van der Waals surface area contributed by atoms with Crippen molar-refractivity contribution in [3.05, 3.63) is 71.8 Å². The Morgan fingerprint density at radius 2 is 1.41 bits per heavy atom. The SMILES string of the molecule is CC(=O)Oc1ccc(OC(C)=O)c2cc(CC(O)C(O)c3ccccc3)ccc12. The van der Waals surface area contributed by atoms with Crippen LogP contribution in [0, 0.1) is 0 Å². The van der Waals surface area contributed by atoms with Crippen LogP contribution in [0.15, 0.2) is 60.7 Å². The van der Waals surface area contributed by atoms with Gasteiger partial charge >= 0.3 is 11.9 Å². The van der Waals surface area contributed by atoms with Gasteiger partial charge in [-0.05, 0) is 29.3 Å². The molecule has 6 heteroatoms. The zero-order chi connectivity index (χ0) is 21.0. The molecule has 3 aromatic carbocycles. The molecule has 29 heavy (non-hydrogen) atoms. The van der Waals surface area contributed by atoms with Gasteiger partial charge in [-0.2, -0.15) is 0 Å². The van der Waals surface area contributed by atoms with Gasteiger partial charge in [0, 0.05) is 31.0 Å². The zero-order valence-corrected chi connectivity index (χ0v) is 16.2. The molecule has 0 amide bonds. The van der Waals surface area contributed by atoms with Gasteiger partial charge in [0.05, 0.1) is 6.10 Å². The fourth-order valence-electron chi connectivity index (χ4n) is 3.18. The number of benzene rings is 3. The van der Waals surface area contributed by atoms with Gasteiger partial charge < -0.3 is 19.7 Å². The summed E-state index contributed by atoms with van der Waals surface area (Å²) in [6.07, 6.45) is -1.88. The predicted octanol–water partition coefficient (Wildman–Crippen LogP) is 3.33. The third kappa shape index (κ3) is 4.99. The van der Waals surface area contributed by atoms with E-state index in [1.165, 1.54) is 13.8 Å². The van der Waals surface area contributed by atoms with Crippen molar-refractivity contribution in [3.63, 3.8) is 0 Å². The number of fused-ring (bicyclic) bond motifs is 1. The summed E-state index contributed by atoms with van der Waals surface area (Å²) in [6, 6.07) is 17.3. The summed E-state index contributed by atoms with van der Waals surface area (Å²) in [5.41, 5.74) is 1.35. The lowest BCUT2D eigenvalue weighted by molar-refractivity contribution is -0.132. The van der Waals surface area contributed by atoms with E-state index in [0.717, 1.165) is 5.56 Å².